The molecule has 20 heavy (non-hydrogen) atoms. The smallest absolute Gasteiger partial charge is 0.247 e. The number of furan rings is 1. The van der Waals surface area contributed by atoms with Gasteiger partial charge in [0.15, 0.2) is 4.67 Å². The molecule has 6 nitrogen and oxygen atoms in total. The van der Waals surface area contributed by atoms with Crippen LogP contribution in [0.3, 0.4) is 0 Å². The minimum atomic E-state index is -3.54. The van der Waals surface area contributed by atoms with Crippen molar-refractivity contribution in [2.75, 3.05) is 32.8 Å². The topological polar surface area (TPSA) is 71.8 Å². The molecule has 1 aliphatic heterocycles. The van der Waals surface area contributed by atoms with Crippen LogP contribution in [0.25, 0.3) is 0 Å². The highest BCUT2D eigenvalue weighted by atomic mass is 79.9. The van der Waals surface area contributed by atoms with Gasteiger partial charge in [-0.05, 0) is 28.9 Å². The summed E-state index contributed by atoms with van der Waals surface area (Å²) in [5, 5.41) is 3.10. The molecule has 0 aromatic carbocycles. The molecule has 1 aromatic rings. The van der Waals surface area contributed by atoms with Crippen molar-refractivity contribution in [2.45, 2.75) is 24.8 Å². The van der Waals surface area contributed by atoms with E-state index in [0.717, 1.165) is 6.54 Å². The van der Waals surface area contributed by atoms with Gasteiger partial charge >= 0.3 is 0 Å². The number of sulfonamides is 1. The van der Waals surface area contributed by atoms with Gasteiger partial charge in [-0.2, -0.15) is 4.31 Å². The van der Waals surface area contributed by atoms with E-state index in [-0.39, 0.29) is 9.56 Å². The zero-order valence-corrected chi connectivity index (χ0v) is 13.8. The van der Waals surface area contributed by atoms with Crippen LogP contribution in [0.15, 0.2) is 20.0 Å². The van der Waals surface area contributed by atoms with Crippen molar-refractivity contribution in [1.82, 2.24) is 9.62 Å². The number of ether oxygens (including phenoxy) is 1. The third-order valence-electron chi connectivity index (χ3n) is 3.05. The first kappa shape index (κ1) is 16.0. The van der Waals surface area contributed by atoms with E-state index in [1.54, 1.807) is 6.07 Å². The van der Waals surface area contributed by atoms with Gasteiger partial charge in [0.2, 0.25) is 10.0 Å². The first-order chi connectivity index (χ1) is 9.55. The van der Waals surface area contributed by atoms with Crippen LogP contribution in [0.1, 0.15) is 19.1 Å². The Hall–Kier alpha value is -0.410. The first-order valence-corrected chi connectivity index (χ1v) is 8.86. The standard InChI is InChI=1S/C12H19BrN2O4S/c1-2-14-9-10-8-11(12(13)19-10)20(16,17)15-4-3-6-18-7-5-15/h8,14H,2-7,9H2,1H3. The molecule has 0 amide bonds. The van der Waals surface area contributed by atoms with E-state index in [0.29, 0.717) is 45.0 Å². The summed E-state index contributed by atoms with van der Waals surface area (Å²) in [5.41, 5.74) is 0. The average molecular weight is 367 g/mol. The minimum absolute atomic E-state index is 0.187. The molecule has 2 rings (SSSR count). The van der Waals surface area contributed by atoms with Crippen LogP contribution >= 0.6 is 15.9 Å². The second-order valence-electron chi connectivity index (χ2n) is 4.50. The number of rotatable bonds is 5. The predicted molar refractivity (Wildman–Crippen MR) is 78.0 cm³/mol. The lowest BCUT2D eigenvalue weighted by Crippen LogP contribution is -2.33. The van der Waals surface area contributed by atoms with Crippen LogP contribution in [0.5, 0.6) is 0 Å². The molecule has 114 valence electrons. The summed E-state index contributed by atoms with van der Waals surface area (Å²) in [6.45, 7) is 5.17. The molecule has 1 aliphatic rings. The molecule has 0 bridgehead atoms. The Kier molecular flexibility index (Phi) is 5.62. The molecule has 2 heterocycles. The maximum absolute atomic E-state index is 12.6. The van der Waals surface area contributed by atoms with E-state index in [1.165, 1.54) is 4.31 Å². The molecule has 0 saturated carbocycles. The van der Waals surface area contributed by atoms with Crippen LogP contribution in [-0.4, -0.2) is 45.6 Å². The summed E-state index contributed by atoms with van der Waals surface area (Å²) in [6.07, 6.45) is 0.707. The van der Waals surface area contributed by atoms with Crippen molar-refractivity contribution in [3.63, 3.8) is 0 Å². The van der Waals surface area contributed by atoms with Crippen molar-refractivity contribution in [3.05, 3.63) is 16.5 Å². The summed E-state index contributed by atoms with van der Waals surface area (Å²) in [4.78, 5) is 0.187. The van der Waals surface area contributed by atoms with Gasteiger partial charge in [0, 0.05) is 25.8 Å². The van der Waals surface area contributed by atoms with E-state index < -0.39 is 10.0 Å². The van der Waals surface area contributed by atoms with Crippen molar-refractivity contribution < 1.29 is 17.6 Å². The summed E-state index contributed by atoms with van der Waals surface area (Å²) in [7, 11) is -3.54. The van der Waals surface area contributed by atoms with Gasteiger partial charge < -0.3 is 14.5 Å². The SMILES string of the molecule is CCNCc1cc(S(=O)(=O)N2CCCOCC2)c(Br)o1. The van der Waals surface area contributed by atoms with E-state index >= 15 is 0 Å². The van der Waals surface area contributed by atoms with Gasteiger partial charge in [0.05, 0.1) is 13.2 Å². The van der Waals surface area contributed by atoms with Gasteiger partial charge in [0.25, 0.3) is 0 Å². The quantitative estimate of drug-likeness (QED) is 0.855. The Morgan fingerprint density at radius 1 is 1.40 bits per heavy atom. The van der Waals surface area contributed by atoms with Gasteiger partial charge in [-0.3, -0.25) is 0 Å². The molecule has 1 fully saturated rings. The third-order valence-corrected chi connectivity index (χ3v) is 5.81. The summed E-state index contributed by atoms with van der Waals surface area (Å²) >= 11 is 3.20. The average Bonchev–Trinajstić information content (AvgIpc) is 2.65. The Morgan fingerprint density at radius 2 is 2.20 bits per heavy atom. The second-order valence-corrected chi connectivity index (χ2v) is 7.13. The summed E-state index contributed by atoms with van der Waals surface area (Å²) < 4.78 is 37.7. The number of nitrogens with zero attached hydrogens (tertiary/aromatic N) is 1. The highest BCUT2D eigenvalue weighted by Crippen LogP contribution is 2.29. The van der Waals surface area contributed by atoms with Crippen LogP contribution in [0.4, 0.5) is 0 Å². The maximum Gasteiger partial charge on any atom is 0.247 e. The van der Waals surface area contributed by atoms with E-state index in [9.17, 15) is 8.42 Å². The van der Waals surface area contributed by atoms with Gasteiger partial charge in [-0.15, -0.1) is 0 Å². The van der Waals surface area contributed by atoms with Crippen molar-refractivity contribution >= 4 is 26.0 Å². The molecule has 0 spiro atoms. The van der Waals surface area contributed by atoms with Crippen LogP contribution < -0.4 is 5.32 Å². The fraction of sp³-hybridized carbons (Fsp3) is 0.667. The van der Waals surface area contributed by atoms with Gasteiger partial charge in [-0.25, -0.2) is 8.42 Å². The van der Waals surface area contributed by atoms with Gasteiger partial charge in [-0.1, -0.05) is 6.92 Å². The van der Waals surface area contributed by atoms with Gasteiger partial charge in [0.1, 0.15) is 10.7 Å². The molecule has 0 atom stereocenters. The lowest BCUT2D eigenvalue weighted by atomic mass is 10.4. The Bertz CT molecular complexity index is 536. The molecule has 1 saturated heterocycles. The lowest BCUT2D eigenvalue weighted by Gasteiger charge is -2.18. The number of hydrogen-bond donors (Lipinski definition) is 1. The normalized spacial score (nSPS) is 18.1. The predicted octanol–water partition coefficient (Wildman–Crippen LogP) is 1.56. The van der Waals surface area contributed by atoms with Crippen LogP contribution in [0, 0.1) is 0 Å². The number of hydrogen-bond acceptors (Lipinski definition) is 5. The van der Waals surface area contributed by atoms with E-state index in [4.69, 9.17) is 9.15 Å². The fourth-order valence-electron chi connectivity index (χ4n) is 2.01. The Morgan fingerprint density at radius 3 is 2.95 bits per heavy atom. The summed E-state index contributed by atoms with van der Waals surface area (Å²) in [5.74, 6) is 0.600. The molecule has 0 radical (unpaired) electrons. The first-order valence-electron chi connectivity index (χ1n) is 6.62. The van der Waals surface area contributed by atoms with Crippen LogP contribution in [0.2, 0.25) is 0 Å². The van der Waals surface area contributed by atoms with Crippen molar-refractivity contribution in [1.29, 1.82) is 0 Å². The highest BCUT2D eigenvalue weighted by molar-refractivity contribution is 9.10. The highest BCUT2D eigenvalue weighted by Gasteiger charge is 2.29. The maximum atomic E-state index is 12.6. The second kappa shape index (κ2) is 7.04. The molecule has 1 N–H and O–H groups in total. The number of nitrogens with one attached hydrogen (secondary N) is 1. The molecule has 8 heteroatoms. The van der Waals surface area contributed by atoms with Crippen LogP contribution in [-0.2, 0) is 21.3 Å². The Labute approximate surface area is 127 Å². The van der Waals surface area contributed by atoms with Crippen molar-refractivity contribution in [3.8, 4) is 0 Å². The molecular weight excluding hydrogens is 348 g/mol. The zero-order valence-electron chi connectivity index (χ0n) is 11.4. The summed E-state index contributed by atoms with van der Waals surface area (Å²) in [6, 6.07) is 1.58. The largest absolute Gasteiger partial charge is 0.452 e. The van der Waals surface area contributed by atoms with E-state index in [1.807, 2.05) is 6.92 Å². The minimum Gasteiger partial charge on any atom is -0.452 e. The van der Waals surface area contributed by atoms with E-state index in [2.05, 4.69) is 21.2 Å². The van der Waals surface area contributed by atoms with Crippen molar-refractivity contribution in [2.24, 2.45) is 0 Å². The fourth-order valence-corrected chi connectivity index (χ4v) is 4.44. The Balaban J connectivity index is 2.21. The number of halogens is 1. The molecule has 0 unspecified atom stereocenters. The molecule has 0 aliphatic carbocycles. The lowest BCUT2D eigenvalue weighted by molar-refractivity contribution is 0.148. The monoisotopic (exact) mass is 366 g/mol. The third kappa shape index (κ3) is 3.62. The zero-order chi connectivity index (χ0) is 14.6. The molecule has 1 aromatic heterocycles. The molecular formula is C12H19BrN2O4S.